The molecule has 0 unspecified atom stereocenters. The Hall–Kier alpha value is -2.41. The van der Waals surface area contributed by atoms with Gasteiger partial charge in [0.25, 0.3) is 0 Å². The van der Waals surface area contributed by atoms with E-state index in [4.69, 9.17) is 0 Å². The lowest BCUT2D eigenvalue weighted by molar-refractivity contribution is -0.137. The Bertz CT molecular complexity index is 984. The van der Waals surface area contributed by atoms with Crippen molar-refractivity contribution in [2.45, 2.75) is 6.18 Å². The van der Waals surface area contributed by atoms with Crippen molar-refractivity contribution in [2.75, 3.05) is 0 Å². The van der Waals surface area contributed by atoms with Crippen molar-refractivity contribution in [2.24, 2.45) is 0 Å². The van der Waals surface area contributed by atoms with E-state index in [1.165, 1.54) is 17.5 Å². The number of hydrogen-bond donors (Lipinski definition) is 1. The van der Waals surface area contributed by atoms with Gasteiger partial charge in [0.15, 0.2) is 0 Å². The Labute approximate surface area is 126 Å². The molecule has 0 radical (unpaired) electrons. The number of alkyl halides is 3. The van der Waals surface area contributed by atoms with Crippen molar-refractivity contribution in [1.82, 2.24) is 15.2 Å². The summed E-state index contributed by atoms with van der Waals surface area (Å²) < 4.78 is 40.2. The Morgan fingerprint density at radius 3 is 2.77 bits per heavy atom. The van der Waals surface area contributed by atoms with Crippen LogP contribution in [-0.4, -0.2) is 15.2 Å². The summed E-state index contributed by atoms with van der Waals surface area (Å²) in [6.45, 7) is 0. The molecule has 0 amide bonds. The number of thiazole rings is 1. The van der Waals surface area contributed by atoms with Crippen molar-refractivity contribution >= 4 is 32.5 Å². The molecule has 2 heterocycles. The standard InChI is InChI=1S/C15H8F3N3S/c16-15(17,18)9-4-10(11-6-20-21-12(11)5-9)8-1-2-14-13(3-8)19-7-22-14/h1-7H,(H,20,21). The largest absolute Gasteiger partial charge is 0.416 e. The van der Waals surface area contributed by atoms with Gasteiger partial charge in [-0.3, -0.25) is 5.10 Å². The summed E-state index contributed by atoms with van der Waals surface area (Å²) in [7, 11) is 0. The molecule has 4 aromatic rings. The van der Waals surface area contributed by atoms with E-state index in [9.17, 15) is 13.2 Å². The zero-order valence-corrected chi connectivity index (χ0v) is 11.8. The fraction of sp³-hybridized carbons (Fsp3) is 0.0667. The predicted molar refractivity (Wildman–Crippen MR) is 79.7 cm³/mol. The van der Waals surface area contributed by atoms with Crippen LogP contribution in [0.25, 0.3) is 32.2 Å². The highest BCUT2D eigenvalue weighted by Crippen LogP contribution is 2.37. The molecule has 1 N–H and O–H groups in total. The molecular formula is C15H8F3N3S. The first-order valence-corrected chi connectivity index (χ1v) is 7.28. The Morgan fingerprint density at radius 1 is 1.09 bits per heavy atom. The third-order valence-corrected chi connectivity index (χ3v) is 4.34. The van der Waals surface area contributed by atoms with Gasteiger partial charge >= 0.3 is 6.18 Å². The molecule has 2 aromatic heterocycles. The van der Waals surface area contributed by atoms with Crippen molar-refractivity contribution in [3.05, 3.63) is 47.6 Å². The maximum atomic E-state index is 13.1. The number of aromatic nitrogens is 3. The maximum absolute atomic E-state index is 13.1. The van der Waals surface area contributed by atoms with E-state index >= 15 is 0 Å². The first-order chi connectivity index (χ1) is 10.5. The van der Waals surface area contributed by atoms with Gasteiger partial charge in [0, 0.05) is 5.39 Å². The molecule has 0 aliphatic rings. The first kappa shape index (κ1) is 13.3. The first-order valence-electron chi connectivity index (χ1n) is 6.40. The van der Waals surface area contributed by atoms with Crippen LogP contribution in [0.4, 0.5) is 13.2 Å². The van der Waals surface area contributed by atoms with Gasteiger partial charge < -0.3 is 0 Å². The van der Waals surface area contributed by atoms with Gasteiger partial charge in [-0.2, -0.15) is 18.3 Å². The molecule has 0 atom stereocenters. The van der Waals surface area contributed by atoms with Crippen molar-refractivity contribution < 1.29 is 13.2 Å². The van der Waals surface area contributed by atoms with Crippen LogP contribution in [0.3, 0.4) is 0 Å². The number of benzene rings is 2. The van der Waals surface area contributed by atoms with E-state index < -0.39 is 11.7 Å². The van der Waals surface area contributed by atoms with E-state index in [1.54, 1.807) is 11.6 Å². The van der Waals surface area contributed by atoms with Crippen LogP contribution in [0.15, 0.2) is 42.0 Å². The summed E-state index contributed by atoms with van der Waals surface area (Å²) in [6.07, 6.45) is -2.87. The summed E-state index contributed by atoms with van der Waals surface area (Å²) in [4.78, 5) is 4.22. The van der Waals surface area contributed by atoms with Crippen LogP contribution in [-0.2, 0) is 6.18 Å². The highest BCUT2D eigenvalue weighted by Gasteiger charge is 2.31. The van der Waals surface area contributed by atoms with Gasteiger partial charge in [0.1, 0.15) is 0 Å². The monoisotopic (exact) mass is 319 g/mol. The average molecular weight is 319 g/mol. The molecule has 7 heteroatoms. The van der Waals surface area contributed by atoms with Crippen molar-refractivity contribution in [3.8, 4) is 11.1 Å². The molecule has 0 aliphatic heterocycles. The number of aromatic amines is 1. The molecule has 0 saturated carbocycles. The molecule has 0 saturated heterocycles. The topological polar surface area (TPSA) is 41.6 Å². The number of H-pyrrole nitrogens is 1. The summed E-state index contributed by atoms with van der Waals surface area (Å²) >= 11 is 1.49. The SMILES string of the molecule is FC(F)(F)c1cc(-c2ccc3scnc3c2)c2cn[nH]c2c1. The van der Waals surface area contributed by atoms with Crippen LogP contribution in [0, 0.1) is 0 Å². The van der Waals surface area contributed by atoms with E-state index in [1.807, 2.05) is 12.1 Å². The Kier molecular flexibility index (Phi) is 2.74. The molecule has 2 aromatic carbocycles. The zero-order valence-electron chi connectivity index (χ0n) is 11.0. The van der Waals surface area contributed by atoms with Gasteiger partial charge in [-0.15, -0.1) is 11.3 Å². The Morgan fingerprint density at radius 2 is 1.95 bits per heavy atom. The fourth-order valence-electron chi connectivity index (χ4n) is 2.48. The molecule has 0 spiro atoms. The minimum absolute atomic E-state index is 0.364. The summed E-state index contributed by atoms with van der Waals surface area (Å²) in [5.74, 6) is 0. The molecule has 4 rings (SSSR count). The zero-order chi connectivity index (χ0) is 15.3. The molecule has 0 fully saturated rings. The number of fused-ring (bicyclic) bond motifs is 2. The Balaban J connectivity index is 2.01. The minimum Gasteiger partial charge on any atom is -0.278 e. The highest BCUT2D eigenvalue weighted by molar-refractivity contribution is 7.16. The predicted octanol–water partition coefficient (Wildman–Crippen LogP) is 4.86. The number of nitrogens with one attached hydrogen (secondary N) is 1. The van der Waals surface area contributed by atoms with Crippen molar-refractivity contribution in [3.63, 3.8) is 0 Å². The second-order valence-electron chi connectivity index (χ2n) is 4.89. The second-order valence-corrected chi connectivity index (χ2v) is 5.77. The average Bonchev–Trinajstić information content (AvgIpc) is 3.13. The van der Waals surface area contributed by atoms with Gasteiger partial charge in [-0.1, -0.05) is 6.07 Å². The van der Waals surface area contributed by atoms with Gasteiger partial charge in [0.05, 0.1) is 33.0 Å². The third kappa shape index (κ3) is 2.05. The number of halogens is 3. The van der Waals surface area contributed by atoms with Crippen LogP contribution in [0.5, 0.6) is 0 Å². The lowest BCUT2D eigenvalue weighted by atomic mass is 9.99. The molecule has 3 nitrogen and oxygen atoms in total. The number of nitrogens with zero attached hydrogens (tertiary/aromatic N) is 2. The van der Waals surface area contributed by atoms with Crippen LogP contribution in [0.2, 0.25) is 0 Å². The van der Waals surface area contributed by atoms with E-state index in [2.05, 4.69) is 15.2 Å². The lowest BCUT2D eigenvalue weighted by Crippen LogP contribution is -2.05. The number of hydrogen-bond acceptors (Lipinski definition) is 3. The van der Waals surface area contributed by atoms with E-state index in [-0.39, 0.29) is 0 Å². The maximum Gasteiger partial charge on any atom is 0.416 e. The van der Waals surface area contributed by atoms with Crippen LogP contribution in [0.1, 0.15) is 5.56 Å². The second kappa shape index (κ2) is 4.54. The molecule has 0 aliphatic carbocycles. The summed E-state index contributed by atoms with van der Waals surface area (Å²) in [5, 5.41) is 7.12. The van der Waals surface area contributed by atoms with E-state index in [0.29, 0.717) is 22.0 Å². The van der Waals surface area contributed by atoms with Gasteiger partial charge in [-0.25, -0.2) is 4.98 Å². The van der Waals surface area contributed by atoms with Crippen LogP contribution < -0.4 is 0 Å². The molecule has 110 valence electrons. The van der Waals surface area contributed by atoms with E-state index in [0.717, 1.165) is 22.3 Å². The molecule has 0 bridgehead atoms. The lowest BCUT2D eigenvalue weighted by Gasteiger charge is -2.10. The fourth-order valence-corrected chi connectivity index (χ4v) is 3.14. The van der Waals surface area contributed by atoms with Crippen LogP contribution >= 0.6 is 11.3 Å². The quantitative estimate of drug-likeness (QED) is 0.544. The smallest absolute Gasteiger partial charge is 0.278 e. The minimum atomic E-state index is -4.40. The third-order valence-electron chi connectivity index (χ3n) is 3.53. The van der Waals surface area contributed by atoms with Crippen molar-refractivity contribution in [1.29, 1.82) is 0 Å². The normalized spacial score (nSPS) is 12.3. The summed E-state index contributed by atoms with van der Waals surface area (Å²) in [5.41, 5.74) is 3.34. The number of rotatable bonds is 1. The summed E-state index contributed by atoms with van der Waals surface area (Å²) in [6, 6.07) is 7.71. The highest BCUT2D eigenvalue weighted by atomic mass is 32.1. The molecular weight excluding hydrogens is 311 g/mol. The van der Waals surface area contributed by atoms with Gasteiger partial charge in [-0.05, 0) is 35.4 Å². The molecule has 22 heavy (non-hydrogen) atoms. The van der Waals surface area contributed by atoms with Gasteiger partial charge in [0.2, 0.25) is 0 Å².